The Bertz CT molecular complexity index is 162. The molecular weight excluding hydrogens is 166 g/mol. The molecule has 0 saturated carbocycles. The minimum Gasteiger partial charge on any atom is -0.394 e. The van der Waals surface area contributed by atoms with Crippen LogP contribution in [0.4, 0.5) is 0 Å². The Labute approximate surface area is 80.5 Å². The Balaban J connectivity index is 4.13. The highest BCUT2D eigenvalue weighted by Crippen LogP contribution is 2.19. The quantitative estimate of drug-likeness (QED) is 0.681. The second-order valence-corrected chi connectivity index (χ2v) is 4.00. The van der Waals surface area contributed by atoms with Gasteiger partial charge in [-0.1, -0.05) is 27.7 Å². The lowest BCUT2D eigenvalue weighted by atomic mass is 9.89. The van der Waals surface area contributed by atoms with Crippen molar-refractivity contribution in [2.24, 2.45) is 5.41 Å². The molecule has 0 fully saturated rings. The lowest BCUT2D eigenvalue weighted by Gasteiger charge is -2.24. The minimum absolute atomic E-state index is 0.0159. The summed E-state index contributed by atoms with van der Waals surface area (Å²) in [6.45, 7) is 7.76. The molecule has 0 aromatic heterocycles. The molecule has 0 aromatic carbocycles. The van der Waals surface area contributed by atoms with Crippen LogP contribution in [0.3, 0.4) is 0 Å². The third-order valence-electron chi connectivity index (χ3n) is 2.55. The van der Waals surface area contributed by atoms with E-state index in [1.54, 1.807) is 0 Å². The van der Waals surface area contributed by atoms with E-state index in [0.717, 1.165) is 12.8 Å². The van der Waals surface area contributed by atoms with Gasteiger partial charge in [0.1, 0.15) is 0 Å². The normalized spacial score (nSPS) is 13.9. The van der Waals surface area contributed by atoms with Gasteiger partial charge in [0.15, 0.2) is 0 Å². The zero-order chi connectivity index (χ0) is 10.5. The first-order valence-electron chi connectivity index (χ1n) is 4.89. The van der Waals surface area contributed by atoms with E-state index in [9.17, 15) is 4.79 Å². The van der Waals surface area contributed by atoms with Crippen LogP contribution in [0.25, 0.3) is 0 Å². The van der Waals surface area contributed by atoms with Gasteiger partial charge < -0.3 is 10.4 Å². The maximum absolute atomic E-state index is 11.6. The average Bonchev–Trinajstić information content (AvgIpc) is 2.13. The molecule has 0 aliphatic rings. The largest absolute Gasteiger partial charge is 0.394 e. The smallest absolute Gasteiger partial charge is 0.225 e. The van der Waals surface area contributed by atoms with Crippen molar-refractivity contribution in [3.63, 3.8) is 0 Å². The SMILES string of the molecule is CC[C@@H](CO)NC(=O)C(C)(C)CC. The third kappa shape index (κ3) is 3.77. The fourth-order valence-corrected chi connectivity index (χ4v) is 0.818. The summed E-state index contributed by atoms with van der Waals surface area (Å²) in [5.74, 6) is 0.0240. The minimum atomic E-state index is -0.331. The van der Waals surface area contributed by atoms with Gasteiger partial charge in [-0.25, -0.2) is 0 Å². The van der Waals surface area contributed by atoms with Crippen LogP contribution >= 0.6 is 0 Å². The number of aliphatic hydroxyl groups is 1. The summed E-state index contributed by atoms with van der Waals surface area (Å²) in [4.78, 5) is 11.6. The molecule has 0 heterocycles. The summed E-state index contributed by atoms with van der Waals surface area (Å²) in [7, 11) is 0. The number of rotatable bonds is 5. The number of nitrogens with one attached hydrogen (secondary N) is 1. The maximum Gasteiger partial charge on any atom is 0.225 e. The van der Waals surface area contributed by atoms with Gasteiger partial charge in [-0.2, -0.15) is 0 Å². The first-order valence-corrected chi connectivity index (χ1v) is 4.89. The van der Waals surface area contributed by atoms with Gasteiger partial charge in [-0.05, 0) is 12.8 Å². The molecule has 3 heteroatoms. The Hall–Kier alpha value is -0.570. The standard InChI is InChI=1S/C10H21NO2/c1-5-8(7-12)11-9(13)10(3,4)6-2/h8,12H,5-7H2,1-4H3,(H,11,13)/t8-/m0/s1. The zero-order valence-corrected chi connectivity index (χ0v) is 9.05. The summed E-state index contributed by atoms with van der Waals surface area (Å²) < 4.78 is 0. The Morgan fingerprint density at radius 1 is 1.46 bits per heavy atom. The number of amides is 1. The lowest BCUT2D eigenvalue weighted by Crippen LogP contribution is -2.44. The van der Waals surface area contributed by atoms with Crippen LogP contribution in [-0.2, 0) is 4.79 Å². The van der Waals surface area contributed by atoms with Crippen molar-refractivity contribution in [3.05, 3.63) is 0 Å². The van der Waals surface area contributed by atoms with E-state index < -0.39 is 0 Å². The van der Waals surface area contributed by atoms with E-state index in [4.69, 9.17) is 5.11 Å². The molecule has 0 spiro atoms. The van der Waals surface area contributed by atoms with Crippen LogP contribution in [0, 0.1) is 5.41 Å². The predicted molar refractivity (Wildman–Crippen MR) is 53.4 cm³/mol. The summed E-state index contributed by atoms with van der Waals surface area (Å²) in [6, 6.07) is -0.0988. The third-order valence-corrected chi connectivity index (χ3v) is 2.55. The Morgan fingerprint density at radius 2 is 2.00 bits per heavy atom. The van der Waals surface area contributed by atoms with Crippen molar-refractivity contribution in [1.29, 1.82) is 0 Å². The first-order chi connectivity index (χ1) is 5.97. The molecule has 0 rings (SSSR count). The van der Waals surface area contributed by atoms with E-state index >= 15 is 0 Å². The number of carbonyl (C=O) groups excluding carboxylic acids is 1. The molecule has 13 heavy (non-hydrogen) atoms. The van der Waals surface area contributed by atoms with Crippen molar-refractivity contribution in [2.75, 3.05) is 6.61 Å². The fraction of sp³-hybridized carbons (Fsp3) is 0.900. The fourth-order valence-electron chi connectivity index (χ4n) is 0.818. The Kier molecular flexibility index (Phi) is 4.99. The molecule has 2 N–H and O–H groups in total. The molecule has 1 atom stereocenters. The summed E-state index contributed by atoms with van der Waals surface area (Å²) >= 11 is 0. The van der Waals surface area contributed by atoms with Crippen molar-refractivity contribution in [3.8, 4) is 0 Å². The highest BCUT2D eigenvalue weighted by Gasteiger charge is 2.26. The van der Waals surface area contributed by atoms with Crippen LogP contribution in [-0.4, -0.2) is 23.7 Å². The van der Waals surface area contributed by atoms with Crippen LogP contribution in [0.1, 0.15) is 40.5 Å². The molecule has 1 amide bonds. The van der Waals surface area contributed by atoms with Crippen molar-refractivity contribution in [1.82, 2.24) is 5.32 Å². The molecule has 0 aliphatic heterocycles. The van der Waals surface area contributed by atoms with Crippen LogP contribution < -0.4 is 5.32 Å². The average molecular weight is 187 g/mol. The highest BCUT2D eigenvalue weighted by atomic mass is 16.3. The van der Waals surface area contributed by atoms with Crippen LogP contribution in [0.15, 0.2) is 0 Å². The van der Waals surface area contributed by atoms with Gasteiger partial charge in [0.2, 0.25) is 5.91 Å². The van der Waals surface area contributed by atoms with Gasteiger partial charge >= 0.3 is 0 Å². The topological polar surface area (TPSA) is 49.3 Å². The molecule has 0 saturated heterocycles. The van der Waals surface area contributed by atoms with Gasteiger partial charge in [0.25, 0.3) is 0 Å². The van der Waals surface area contributed by atoms with E-state index in [2.05, 4.69) is 5.32 Å². The number of hydrogen-bond donors (Lipinski definition) is 2. The van der Waals surface area contributed by atoms with E-state index in [1.807, 2.05) is 27.7 Å². The highest BCUT2D eigenvalue weighted by molar-refractivity contribution is 5.81. The second kappa shape index (κ2) is 5.22. The molecular formula is C10H21NO2. The molecule has 78 valence electrons. The lowest BCUT2D eigenvalue weighted by molar-refractivity contribution is -0.130. The number of hydrogen-bond acceptors (Lipinski definition) is 2. The molecule has 0 aromatic rings. The Morgan fingerprint density at radius 3 is 2.31 bits per heavy atom. The summed E-state index contributed by atoms with van der Waals surface area (Å²) in [5, 5.41) is 11.7. The van der Waals surface area contributed by atoms with Gasteiger partial charge in [0, 0.05) is 5.41 Å². The first kappa shape index (κ1) is 12.4. The van der Waals surface area contributed by atoms with E-state index in [1.165, 1.54) is 0 Å². The second-order valence-electron chi connectivity index (χ2n) is 4.00. The van der Waals surface area contributed by atoms with Crippen molar-refractivity contribution < 1.29 is 9.90 Å². The van der Waals surface area contributed by atoms with Gasteiger partial charge in [-0.3, -0.25) is 4.79 Å². The number of aliphatic hydroxyl groups excluding tert-OH is 1. The summed E-state index contributed by atoms with van der Waals surface area (Å²) in [5.41, 5.74) is -0.331. The maximum atomic E-state index is 11.6. The molecule has 3 nitrogen and oxygen atoms in total. The van der Waals surface area contributed by atoms with Crippen LogP contribution in [0.5, 0.6) is 0 Å². The zero-order valence-electron chi connectivity index (χ0n) is 9.05. The molecule has 0 radical (unpaired) electrons. The molecule has 0 unspecified atom stereocenters. The molecule has 0 aliphatic carbocycles. The van der Waals surface area contributed by atoms with E-state index in [0.29, 0.717) is 0 Å². The van der Waals surface area contributed by atoms with E-state index in [-0.39, 0.29) is 24.0 Å². The number of carbonyl (C=O) groups is 1. The summed E-state index contributed by atoms with van der Waals surface area (Å²) in [6.07, 6.45) is 1.57. The van der Waals surface area contributed by atoms with Gasteiger partial charge in [-0.15, -0.1) is 0 Å². The van der Waals surface area contributed by atoms with Crippen molar-refractivity contribution >= 4 is 5.91 Å². The van der Waals surface area contributed by atoms with Gasteiger partial charge in [0.05, 0.1) is 12.6 Å². The van der Waals surface area contributed by atoms with Crippen molar-refractivity contribution in [2.45, 2.75) is 46.6 Å². The monoisotopic (exact) mass is 187 g/mol. The predicted octanol–water partition coefficient (Wildman–Crippen LogP) is 1.31. The van der Waals surface area contributed by atoms with Crippen LogP contribution in [0.2, 0.25) is 0 Å². The molecule has 0 bridgehead atoms.